The maximum absolute atomic E-state index is 13.8. The van der Waals surface area contributed by atoms with Crippen molar-refractivity contribution >= 4 is 23.4 Å². The van der Waals surface area contributed by atoms with Crippen molar-refractivity contribution in [1.82, 2.24) is 5.32 Å². The highest BCUT2D eigenvalue weighted by atomic mass is 35.5. The molecule has 0 amide bonds. The molecule has 0 radical (unpaired) electrons. The number of methoxy groups -OCH3 is 2. The fourth-order valence-corrected chi connectivity index (χ4v) is 5.20. The molecule has 1 N–H and O–H groups in total. The number of benzene rings is 2. The van der Waals surface area contributed by atoms with Crippen LogP contribution in [0.3, 0.4) is 0 Å². The molecule has 0 saturated carbocycles. The second kappa shape index (κ2) is 10.8. The number of carbonyl (C=O) groups is 2. The smallest absolute Gasteiger partial charge is 0.337 e. The lowest BCUT2D eigenvalue weighted by molar-refractivity contribution is -0.144. The molecule has 1 heterocycles. The third-order valence-electron chi connectivity index (χ3n) is 6.99. The van der Waals surface area contributed by atoms with Crippen LogP contribution in [-0.2, 0) is 14.3 Å². The lowest BCUT2D eigenvalue weighted by atomic mass is 9.71. The number of rotatable bonds is 7. The van der Waals surface area contributed by atoms with Crippen molar-refractivity contribution in [2.75, 3.05) is 14.2 Å². The predicted molar refractivity (Wildman–Crippen MR) is 139 cm³/mol. The number of halogens is 1. The summed E-state index contributed by atoms with van der Waals surface area (Å²) in [4.78, 5) is 27.1. The Morgan fingerprint density at radius 3 is 2.50 bits per heavy atom. The van der Waals surface area contributed by atoms with Crippen LogP contribution in [0.1, 0.15) is 63.0 Å². The van der Waals surface area contributed by atoms with E-state index in [2.05, 4.69) is 5.32 Å². The summed E-state index contributed by atoms with van der Waals surface area (Å²) in [5, 5.41) is 3.93. The Morgan fingerprint density at radius 2 is 1.83 bits per heavy atom. The first kappa shape index (κ1) is 25.8. The number of ketones is 1. The lowest BCUT2D eigenvalue weighted by Gasteiger charge is -2.37. The van der Waals surface area contributed by atoms with Gasteiger partial charge in [0.1, 0.15) is 0 Å². The molecule has 4 rings (SSSR count). The molecular formula is C29H32ClNO5. The zero-order valence-electron chi connectivity index (χ0n) is 21.3. The SMILES string of the molecule is CC[C@@H](C)OC(=O)C1=C(C)NC2=C(C(=O)C[C@H](c3ccc(OC)c(OC)c3)C2)[C@@H]1c1cccc(Cl)c1. The second-order valence-corrected chi connectivity index (χ2v) is 9.75. The second-order valence-electron chi connectivity index (χ2n) is 9.31. The number of carbonyl (C=O) groups excluding carboxylic acids is 2. The molecule has 1 aliphatic carbocycles. The molecule has 0 aromatic heterocycles. The van der Waals surface area contributed by atoms with E-state index in [0.29, 0.717) is 52.6 Å². The van der Waals surface area contributed by atoms with Crippen LogP contribution < -0.4 is 14.8 Å². The van der Waals surface area contributed by atoms with Crippen LogP contribution >= 0.6 is 11.6 Å². The summed E-state index contributed by atoms with van der Waals surface area (Å²) in [7, 11) is 3.19. The number of nitrogens with one attached hydrogen (secondary N) is 1. The normalized spacial score (nSPS) is 20.4. The van der Waals surface area contributed by atoms with Gasteiger partial charge >= 0.3 is 5.97 Å². The Labute approximate surface area is 217 Å². The van der Waals surface area contributed by atoms with E-state index < -0.39 is 11.9 Å². The number of ether oxygens (including phenoxy) is 3. The van der Waals surface area contributed by atoms with E-state index in [9.17, 15) is 9.59 Å². The first-order valence-electron chi connectivity index (χ1n) is 12.2. The minimum atomic E-state index is -0.546. The Kier molecular flexibility index (Phi) is 7.74. The van der Waals surface area contributed by atoms with E-state index in [1.807, 2.05) is 57.2 Å². The molecule has 0 saturated heterocycles. The van der Waals surface area contributed by atoms with Crippen LogP contribution in [0.4, 0.5) is 0 Å². The van der Waals surface area contributed by atoms with Gasteiger partial charge in [-0.05, 0) is 68.0 Å². The van der Waals surface area contributed by atoms with Crippen LogP contribution in [0.25, 0.3) is 0 Å². The summed E-state index contributed by atoms with van der Waals surface area (Å²) in [6, 6.07) is 13.1. The van der Waals surface area contributed by atoms with Gasteiger partial charge in [0.2, 0.25) is 0 Å². The van der Waals surface area contributed by atoms with Gasteiger partial charge in [-0.3, -0.25) is 4.79 Å². The molecule has 7 heteroatoms. The van der Waals surface area contributed by atoms with Crippen molar-refractivity contribution in [3.8, 4) is 11.5 Å². The largest absolute Gasteiger partial charge is 0.493 e. The molecule has 3 atom stereocenters. The summed E-state index contributed by atoms with van der Waals surface area (Å²) in [5.74, 6) is 0.265. The fourth-order valence-electron chi connectivity index (χ4n) is 5.00. The molecule has 0 spiro atoms. The Bertz CT molecular complexity index is 1250. The van der Waals surface area contributed by atoms with Gasteiger partial charge in [-0.25, -0.2) is 4.79 Å². The van der Waals surface area contributed by atoms with Gasteiger partial charge in [-0.15, -0.1) is 0 Å². The van der Waals surface area contributed by atoms with Crippen molar-refractivity contribution in [3.05, 3.63) is 81.2 Å². The minimum absolute atomic E-state index is 0.00477. The van der Waals surface area contributed by atoms with Gasteiger partial charge in [0.05, 0.1) is 25.9 Å². The molecule has 0 unspecified atom stereocenters. The molecule has 0 bridgehead atoms. The van der Waals surface area contributed by atoms with Crippen LogP contribution in [-0.4, -0.2) is 32.1 Å². The summed E-state index contributed by atoms with van der Waals surface area (Å²) in [6.45, 7) is 5.69. The molecule has 0 fully saturated rings. The molecule has 36 heavy (non-hydrogen) atoms. The van der Waals surface area contributed by atoms with E-state index in [1.165, 1.54) is 0 Å². The average Bonchev–Trinajstić information content (AvgIpc) is 2.86. The first-order chi connectivity index (χ1) is 17.3. The van der Waals surface area contributed by atoms with Crippen LogP contribution in [0.15, 0.2) is 65.0 Å². The number of allylic oxidation sites excluding steroid dienone is 3. The van der Waals surface area contributed by atoms with Crippen molar-refractivity contribution in [1.29, 1.82) is 0 Å². The fraction of sp³-hybridized carbons (Fsp3) is 0.379. The van der Waals surface area contributed by atoms with Crippen molar-refractivity contribution < 1.29 is 23.8 Å². The summed E-state index contributed by atoms with van der Waals surface area (Å²) >= 11 is 6.33. The van der Waals surface area contributed by atoms with Crippen LogP contribution in [0, 0.1) is 0 Å². The van der Waals surface area contributed by atoms with Crippen LogP contribution in [0.2, 0.25) is 5.02 Å². The summed E-state index contributed by atoms with van der Waals surface area (Å²) in [6.07, 6.45) is 1.41. The van der Waals surface area contributed by atoms with E-state index in [1.54, 1.807) is 20.3 Å². The summed E-state index contributed by atoms with van der Waals surface area (Å²) in [5.41, 5.74) is 4.37. The monoisotopic (exact) mass is 509 g/mol. The quantitative estimate of drug-likeness (QED) is 0.457. The topological polar surface area (TPSA) is 73.9 Å². The van der Waals surface area contributed by atoms with E-state index >= 15 is 0 Å². The van der Waals surface area contributed by atoms with Gasteiger partial charge in [0, 0.05) is 34.3 Å². The van der Waals surface area contributed by atoms with Gasteiger partial charge in [0.25, 0.3) is 0 Å². The lowest BCUT2D eigenvalue weighted by Crippen LogP contribution is -2.36. The van der Waals surface area contributed by atoms with E-state index in [0.717, 1.165) is 16.8 Å². The maximum Gasteiger partial charge on any atom is 0.337 e. The van der Waals surface area contributed by atoms with Crippen molar-refractivity contribution in [2.45, 2.75) is 58.0 Å². The molecule has 190 valence electrons. The Hall–Kier alpha value is -3.25. The van der Waals surface area contributed by atoms with Crippen molar-refractivity contribution in [3.63, 3.8) is 0 Å². The summed E-state index contributed by atoms with van der Waals surface area (Å²) < 4.78 is 16.6. The molecule has 2 aromatic carbocycles. The van der Waals surface area contributed by atoms with Crippen molar-refractivity contribution in [2.24, 2.45) is 0 Å². The molecular weight excluding hydrogens is 478 g/mol. The van der Waals surface area contributed by atoms with Crippen LogP contribution in [0.5, 0.6) is 11.5 Å². The van der Waals surface area contributed by atoms with E-state index in [4.69, 9.17) is 25.8 Å². The highest BCUT2D eigenvalue weighted by Gasteiger charge is 2.41. The molecule has 2 aromatic rings. The third-order valence-corrected chi connectivity index (χ3v) is 7.23. The minimum Gasteiger partial charge on any atom is -0.493 e. The zero-order valence-corrected chi connectivity index (χ0v) is 22.1. The Morgan fingerprint density at radius 1 is 1.08 bits per heavy atom. The first-order valence-corrected chi connectivity index (χ1v) is 12.6. The molecule has 1 aliphatic heterocycles. The maximum atomic E-state index is 13.8. The molecule has 6 nitrogen and oxygen atoms in total. The Balaban J connectivity index is 1.76. The third kappa shape index (κ3) is 5.00. The number of hydrogen-bond acceptors (Lipinski definition) is 6. The predicted octanol–water partition coefficient (Wildman–Crippen LogP) is 6.06. The zero-order chi connectivity index (χ0) is 26.0. The molecule has 2 aliphatic rings. The number of Topliss-reactive ketones (excluding diaryl/α,β-unsaturated/α-hetero) is 1. The highest BCUT2D eigenvalue weighted by molar-refractivity contribution is 6.30. The number of dihydropyridines is 1. The standard InChI is InChI=1S/C29H32ClNO5/c1-6-16(2)36-29(33)26-17(3)31-22-13-20(18-10-11-24(34-4)25(15-18)35-5)14-23(32)28(22)27(26)19-8-7-9-21(30)12-19/h7-12,15-16,20,27,31H,6,13-14H2,1-5H3/t16-,20-,27-/m1/s1. The number of hydrogen-bond donors (Lipinski definition) is 1. The van der Waals surface area contributed by atoms with Gasteiger partial charge in [-0.1, -0.05) is 36.7 Å². The number of esters is 1. The highest BCUT2D eigenvalue weighted by Crippen LogP contribution is 2.46. The van der Waals surface area contributed by atoms with E-state index in [-0.39, 0.29) is 17.8 Å². The van der Waals surface area contributed by atoms with Gasteiger partial charge < -0.3 is 19.5 Å². The van der Waals surface area contributed by atoms with Gasteiger partial charge in [0.15, 0.2) is 17.3 Å². The average molecular weight is 510 g/mol. The van der Waals surface area contributed by atoms with Gasteiger partial charge in [-0.2, -0.15) is 0 Å².